The lowest BCUT2D eigenvalue weighted by Crippen LogP contribution is -2.11. The van der Waals surface area contributed by atoms with E-state index in [-0.39, 0.29) is 0 Å². The number of aromatic carboxylic acids is 1. The third-order valence-corrected chi connectivity index (χ3v) is 3.58. The summed E-state index contributed by atoms with van der Waals surface area (Å²) in [5.74, 6) is 0.722. The highest BCUT2D eigenvalue weighted by Gasteiger charge is 2.17. The van der Waals surface area contributed by atoms with Crippen LogP contribution >= 0.6 is 0 Å². The van der Waals surface area contributed by atoms with Gasteiger partial charge < -0.3 is 9.67 Å². The number of imidazole rings is 1. The van der Waals surface area contributed by atoms with Crippen LogP contribution in [0.1, 0.15) is 56.3 Å². The fraction of sp³-hybridized carbons (Fsp3) is 0.500. The number of fused-ring (bicyclic) bond motifs is 1. The summed E-state index contributed by atoms with van der Waals surface area (Å²) in [6.45, 7) is 8.65. The van der Waals surface area contributed by atoms with Gasteiger partial charge in [0.2, 0.25) is 0 Å². The van der Waals surface area contributed by atoms with Gasteiger partial charge >= 0.3 is 5.97 Å². The highest BCUT2D eigenvalue weighted by molar-refractivity contribution is 5.92. The van der Waals surface area contributed by atoms with E-state index in [1.165, 1.54) is 0 Å². The van der Waals surface area contributed by atoms with Crippen LogP contribution in [-0.4, -0.2) is 20.6 Å². The van der Waals surface area contributed by atoms with Crippen molar-refractivity contribution in [3.05, 3.63) is 29.6 Å². The fourth-order valence-corrected chi connectivity index (χ4v) is 2.80. The number of benzene rings is 1. The van der Waals surface area contributed by atoms with Gasteiger partial charge in [-0.15, -0.1) is 0 Å². The summed E-state index contributed by atoms with van der Waals surface area (Å²) >= 11 is 0. The summed E-state index contributed by atoms with van der Waals surface area (Å²) in [4.78, 5) is 15.8. The van der Waals surface area contributed by atoms with E-state index in [2.05, 4.69) is 37.2 Å². The van der Waals surface area contributed by atoms with Crippen molar-refractivity contribution >= 4 is 17.0 Å². The van der Waals surface area contributed by atoms with Gasteiger partial charge in [0.15, 0.2) is 0 Å². The first-order chi connectivity index (χ1) is 9.43. The molecule has 4 heteroatoms. The van der Waals surface area contributed by atoms with E-state index < -0.39 is 5.97 Å². The van der Waals surface area contributed by atoms with E-state index in [1.807, 2.05) is 0 Å². The Morgan fingerprint density at radius 1 is 1.35 bits per heavy atom. The molecule has 1 atom stereocenters. The van der Waals surface area contributed by atoms with Gasteiger partial charge in [-0.1, -0.05) is 20.8 Å². The average Bonchev–Trinajstić information content (AvgIpc) is 2.74. The van der Waals surface area contributed by atoms with E-state index in [0.29, 0.717) is 17.5 Å². The Hall–Kier alpha value is -1.84. The van der Waals surface area contributed by atoms with Gasteiger partial charge in [0, 0.05) is 12.5 Å². The zero-order valence-electron chi connectivity index (χ0n) is 12.6. The Balaban J connectivity index is 2.59. The van der Waals surface area contributed by atoms with Crippen molar-refractivity contribution in [1.29, 1.82) is 0 Å². The molecule has 0 aliphatic rings. The van der Waals surface area contributed by atoms with Crippen molar-refractivity contribution < 1.29 is 9.90 Å². The van der Waals surface area contributed by atoms with Crippen molar-refractivity contribution in [2.45, 2.75) is 46.6 Å². The van der Waals surface area contributed by atoms with Crippen molar-refractivity contribution in [2.24, 2.45) is 5.92 Å². The zero-order valence-corrected chi connectivity index (χ0v) is 12.6. The summed E-state index contributed by atoms with van der Waals surface area (Å²) in [7, 11) is 0. The minimum atomic E-state index is -0.894. The van der Waals surface area contributed by atoms with Crippen LogP contribution < -0.4 is 0 Å². The van der Waals surface area contributed by atoms with Crippen LogP contribution in [-0.2, 0) is 6.42 Å². The standard InChI is InChI=1S/C16H22N2O2/c1-5-15-17-13-7-6-12(16(19)20)9-14(13)18(15)11(4)8-10(2)3/h6-7,9-11H,5,8H2,1-4H3,(H,19,20). The van der Waals surface area contributed by atoms with Gasteiger partial charge in [-0.05, 0) is 37.5 Å². The van der Waals surface area contributed by atoms with Crippen molar-refractivity contribution in [3.8, 4) is 0 Å². The normalized spacial score (nSPS) is 13.1. The lowest BCUT2D eigenvalue weighted by molar-refractivity contribution is 0.0697. The van der Waals surface area contributed by atoms with Gasteiger partial charge in [-0.3, -0.25) is 0 Å². The number of hydrogen-bond donors (Lipinski definition) is 1. The number of hydrogen-bond acceptors (Lipinski definition) is 2. The highest BCUT2D eigenvalue weighted by atomic mass is 16.4. The number of nitrogens with zero attached hydrogens (tertiary/aromatic N) is 2. The number of aromatic nitrogens is 2. The van der Waals surface area contributed by atoms with E-state index in [9.17, 15) is 4.79 Å². The second-order valence-electron chi connectivity index (χ2n) is 5.74. The molecule has 1 aromatic heterocycles. The number of aryl methyl sites for hydroxylation is 1. The first-order valence-corrected chi connectivity index (χ1v) is 7.18. The van der Waals surface area contributed by atoms with Crippen molar-refractivity contribution in [2.75, 3.05) is 0 Å². The first-order valence-electron chi connectivity index (χ1n) is 7.18. The van der Waals surface area contributed by atoms with Gasteiger partial charge in [-0.2, -0.15) is 0 Å². The summed E-state index contributed by atoms with van der Waals surface area (Å²) in [5, 5.41) is 9.15. The lowest BCUT2D eigenvalue weighted by atomic mass is 10.0. The fourth-order valence-electron chi connectivity index (χ4n) is 2.80. The van der Waals surface area contributed by atoms with Crippen LogP contribution in [0, 0.1) is 5.92 Å². The second kappa shape index (κ2) is 5.65. The number of rotatable bonds is 5. The topological polar surface area (TPSA) is 55.1 Å². The van der Waals surface area contributed by atoms with Gasteiger partial charge in [0.05, 0.1) is 16.6 Å². The van der Waals surface area contributed by atoms with Crippen LogP contribution in [0.2, 0.25) is 0 Å². The molecule has 0 bridgehead atoms. The number of carboxylic acids is 1. The quantitative estimate of drug-likeness (QED) is 0.899. The predicted molar refractivity (Wildman–Crippen MR) is 80.2 cm³/mol. The molecular formula is C16H22N2O2. The molecule has 1 aromatic carbocycles. The molecule has 0 radical (unpaired) electrons. The van der Waals surface area contributed by atoms with E-state index in [4.69, 9.17) is 5.11 Å². The van der Waals surface area contributed by atoms with Crippen molar-refractivity contribution in [3.63, 3.8) is 0 Å². The zero-order chi connectivity index (χ0) is 14.9. The Kier molecular flexibility index (Phi) is 4.12. The monoisotopic (exact) mass is 274 g/mol. The molecule has 20 heavy (non-hydrogen) atoms. The van der Waals surface area contributed by atoms with E-state index in [1.54, 1.807) is 18.2 Å². The molecule has 0 fully saturated rings. The molecule has 1 heterocycles. The first kappa shape index (κ1) is 14.6. The van der Waals surface area contributed by atoms with Crippen LogP contribution in [0.25, 0.3) is 11.0 Å². The minimum absolute atomic E-state index is 0.318. The van der Waals surface area contributed by atoms with Crippen molar-refractivity contribution in [1.82, 2.24) is 9.55 Å². The Labute approximate surface area is 119 Å². The van der Waals surface area contributed by atoms with Crippen LogP contribution in [0.3, 0.4) is 0 Å². The molecule has 4 nitrogen and oxygen atoms in total. The molecule has 0 saturated heterocycles. The maximum Gasteiger partial charge on any atom is 0.335 e. The average molecular weight is 274 g/mol. The molecule has 0 amide bonds. The maximum absolute atomic E-state index is 11.2. The summed E-state index contributed by atoms with van der Waals surface area (Å²) in [6, 6.07) is 5.48. The molecule has 0 saturated carbocycles. The van der Waals surface area contributed by atoms with E-state index >= 15 is 0 Å². The SMILES string of the molecule is CCc1nc2ccc(C(=O)O)cc2n1C(C)CC(C)C. The van der Waals surface area contributed by atoms with Crippen LogP contribution in [0.15, 0.2) is 18.2 Å². The largest absolute Gasteiger partial charge is 0.478 e. The molecule has 0 aliphatic heterocycles. The third kappa shape index (κ3) is 2.69. The molecular weight excluding hydrogens is 252 g/mol. The molecule has 0 aliphatic carbocycles. The molecule has 2 rings (SSSR count). The molecule has 2 aromatic rings. The van der Waals surface area contributed by atoms with Crippen LogP contribution in [0.5, 0.6) is 0 Å². The molecule has 0 spiro atoms. The van der Waals surface area contributed by atoms with Gasteiger partial charge in [-0.25, -0.2) is 9.78 Å². The summed E-state index contributed by atoms with van der Waals surface area (Å²) < 4.78 is 2.20. The molecule has 1 unspecified atom stereocenters. The smallest absolute Gasteiger partial charge is 0.335 e. The molecule has 108 valence electrons. The maximum atomic E-state index is 11.2. The van der Waals surface area contributed by atoms with Crippen LogP contribution in [0.4, 0.5) is 0 Å². The summed E-state index contributed by atoms with van der Waals surface area (Å²) in [6.07, 6.45) is 1.90. The third-order valence-electron chi connectivity index (χ3n) is 3.58. The second-order valence-corrected chi connectivity index (χ2v) is 5.74. The Bertz CT molecular complexity index is 629. The predicted octanol–water partition coefficient (Wildman–Crippen LogP) is 3.90. The molecule has 1 N–H and O–H groups in total. The van der Waals surface area contributed by atoms with Gasteiger partial charge in [0.25, 0.3) is 0 Å². The lowest BCUT2D eigenvalue weighted by Gasteiger charge is -2.19. The summed E-state index contributed by atoms with van der Waals surface area (Å²) in [5.41, 5.74) is 2.12. The Morgan fingerprint density at radius 3 is 2.60 bits per heavy atom. The number of carbonyl (C=O) groups is 1. The minimum Gasteiger partial charge on any atom is -0.478 e. The Morgan fingerprint density at radius 2 is 2.05 bits per heavy atom. The highest BCUT2D eigenvalue weighted by Crippen LogP contribution is 2.26. The van der Waals surface area contributed by atoms with Gasteiger partial charge in [0.1, 0.15) is 5.82 Å². The number of carboxylic acid groups (broad SMARTS) is 1. The van der Waals surface area contributed by atoms with E-state index in [0.717, 1.165) is 29.7 Å².